The molecule has 0 fully saturated rings. The van der Waals surface area contributed by atoms with Gasteiger partial charge >= 0.3 is 5.97 Å². The van der Waals surface area contributed by atoms with Gasteiger partial charge < -0.3 is 14.2 Å². The topological polar surface area (TPSA) is 57.7 Å². The van der Waals surface area contributed by atoms with Gasteiger partial charge in [-0.25, -0.2) is 4.79 Å². The summed E-state index contributed by atoms with van der Waals surface area (Å²) in [6.45, 7) is 8.63. The number of methoxy groups -OCH3 is 1. The van der Waals surface area contributed by atoms with Crippen molar-refractivity contribution in [1.82, 2.24) is 4.98 Å². The quantitative estimate of drug-likeness (QED) is 0.626. The van der Waals surface area contributed by atoms with Crippen LogP contribution >= 0.6 is 0 Å². The first-order chi connectivity index (χ1) is 14.8. The molecule has 4 rings (SSSR count). The number of aromatic nitrogens is 1. The average molecular weight is 424 g/mol. The molecule has 0 radical (unpaired) electrons. The first kappa shape index (κ1) is 21.8. The fraction of sp³-hybridized carbons (Fsp3) is 0.538. The number of carbonyl (C=O) groups excluding carboxylic acids is 1. The minimum Gasteiger partial charge on any atom is -0.493 e. The third kappa shape index (κ3) is 4.47. The Balaban J connectivity index is 1.96. The zero-order valence-corrected chi connectivity index (χ0v) is 19.3. The first-order valence-corrected chi connectivity index (χ1v) is 11.3. The molecule has 0 spiro atoms. The van der Waals surface area contributed by atoms with Crippen LogP contribution in [0.4, 0.5) is 0 Å². The van der Waals surface area contributed by atoms with Gasteiger partial charge in [0, 0.05) is 17.0 Å². The van der Waals surface area contributed by atoms with Gasteiger partial charge in [-0.15, -0.1) is 0 Å². The molecule has 31 heavy (non-hydrogen) atoms. The Kier molecular flexibility index (Phi) is 6.07. The number of rotatable bonds is 4. The third-order valence-corrected chi connectivity index (χ3v) is 6.05. The van der Waals surface area contributed by atoms with Crippen molar-refractivity contribution in [3.05, 3.63) is 46.3 Å². The van der Waals surface area contributed by atoms with Crippen LogP contribution in [-0.2, 0) is 33.5 Å². The van der Waals surface area contributed by atoms with E-state index < -0.39 is 17.7 Å². The van der Waals surface area contributed by atoms with E-state index in [4.69, 9.17) is 19.2 Å². The number of ether oxygens (including phenoxy) is 3. The fourth-order valence-electron chi connectivity index (χ4n) is 4.74. The third-order valence-electron chi connectivity index (χ3n) is 6.05. The van der Waals surface area contributed by atoms with Crippen LogP contribution in [0.3, 0.4) is 0 Å². The van der Waals surface area contributed by atoms with Gasteiger partial charge in [0.05, 0.1) is 19.3 Å². The highest BCUT2D eigenvalue weighted by atomic mass is 16.6. The van der Waals surface area contributed by atoms with Crippen LogP contribution in [0.1, 0.15) is 74.2 Å². The second-order valence-corrected chi connectivity index (χ2v) is 9.53. The van der Waals surface area contributed by atoms with E-state index in [2.05, 4.69) is 18.2 Å². The molecule has 1 unspecified atom stereocenters. The number of hydrogen-bond acceptors (Lipinski definition) is 5. The maximum absolute atomic E-state index is 12.9. The molecule has 0 saturated heterocycles. The Morgan fingerprint density at radius 2 is 1.90 bits per heavy atom. The molecule has 1 aromatic heterocycles. The van der Waals surface area contributed by atoms with Crippen molar-refractivity contribution >= 4 is 5.97 Å². The van der Waals surface area contributed by atoms with E-state index in [1.54, 1.807) is 0 Å². The van der Waals surface area contributed by atoms with Crippen LogP contribution < -0.4 is 4.74 Å². The van der Waals surface area contributed by atoms with Gasteiger partial charge in [0.1, 0.15) is 5.75 Å². The van der Waals surface area contributed by atoms with Gasteiger partial charge in [-0.2, -0.15) is 0 Å². The van der Waals surface area contributed by atoms with Crippen LogP contribution in [0.5, 0.6) is 5.75 Å². The van der Waals surface area contributed by atoms with Crippen LogP contribution in [0, 0.1) is 6.92 Å². The minimum atomic E-state index is -0.827. The van der Waals surface area contributed by atoms with Crippen LogP contribution in [0.2, 0.25) is 0 Å². The number of fused-ring (bicyclic) bond motifs is 2. The standard InChI is InChI=1S/C26H33NO4/c1-16-22(24(25(28)29-5)31-26(2,3)4)23(19-10-6-7-11-20(19)27-16)18-12-13-21-17(15-18)9-8-14-30-21/h12-13,15,24H,6-11,14H2,1-5H3. The van der Waals surface area contributed by atoms with Crippen LogP contribution in [0.15, 0.2) is 18.2 Å². The molecule has 2 heterocycles. The van der Waals surface area contributed by atoms with Crippen molar-refractivity contribution in [2.75, 3.05) is 13.7 Å². The van der Waals surface area contributed by atoms with Crippen molar-refractivity contribution in [1.29, 1.82) is 0 Å². The predicted octanol–water partition coefficient (Wildman–Crippen LogP) is 5.29. The molecule has 0 saturated carbocycles. The van der Waals surface area contributed by atoms with Crippen LogP contribution in [-0.4, -0.2) is 30.3 Å². The molecule has 166 valence electrons. The number of pyridine rings is 1. The summed E-state index contributed by atoms with van der Waals surface area (Å²) < 4.78 is 17.3. The fourth-order valence-corrected chi connectivity index (χ4v) is 4.74. The summed E-state index contributed by atoms with van der Waals surface area (Å²) in [5.41, 5.74) is 6.97. The number of aryl methyl sites for hydroxylation is 3. The van der Waals surface area contributed by atoms with Gasteiger partial charge in [-0.1, -0.05) is 6.07 Å². The second kappa shape index (κ2) is 8.62. The van der Waals surface area contributed by atoms with Crippen LogP contribution in [0.25, 0.3) is 11.1 Å². The molecule has 2 aliphatic rings. The molecular formula is C26H33NO4. The Labute approximate surface area is 185 Å². The summed E-state index contributed by atoms with van der Waals surface area (Å²) in [6, 6.07) is 6.41. The molecule has 5 heteroatoms. The predicted molar refractivity (Wildman–Crippen MR) is 120 cm³/mol. The van der Waals surface area contributed by atoms with E-state index in [0.717, 1.165) is 79.0 Å². The number of esters is 1. The summed E-state index contributed by atoms with van der Waals surface area (Å²) in [5, 5.41) is 0. The summed E-state index contributed by atoms with van der Waals surface area (Å²) in [4.78, 5) is 17.9. The van der Waals surface area contributed by atoms with Crippen molar-refractivity contribution in [2.24, 2.45) is 0 Å². The molecule has 1 aliphatic carbocycles. The highest BCUT2D eigenvalue weighted by molar-refractivity contribution is 5.84. The Morgan fingerprint density at radius 1 is 1.13 bits per heavy atom. The summed E-state index contributed by atoms with van der Waals surface area (Å²) in [6.07, 6.45) is 5.41. The number of nitrogens with zero attached hydrogens (tertiary/aromatic N) is 1. The van der Waals surface area contributed by atoms with Crippen molar-refractivity contribution < 1.29 is 19.0 Å². The minimum absolute atomic E-state index is 0.391. The van der Waals surface area contributed by atoms with E-state index in [-0.39, 0.29) is 0 Å². The highest BCUT2D eigenvalue weighted by Gasteiger charge is 2.34. The normalized spacial score (nSPS) is 16.7. The van der Waals surface area contributed by atoms with Crippen molar-refractivity contribution in [3.63, 3.8) is 0 Å². The van der Waals surface area contributed by atoms with Gasteiger partial charge in [0.2, 0.25) is 0 Å². The second-order valence-electron chi connectivity index (χ2n) is 9.53. The van der Waals surface area contributed by atoms with Gasteiger partial charge in [0.25, 0.3) is 0 Å². The molecule has 2 aromatic rings. The molecule has 1 aromatic carbocycles. The Bertz CT molecular complexity index is 990. The van der Waals surface area contributed by atoms with Gasteiger partial charge in [-0.3, -0.25) is 4.98 Å². The molecule has 0 bridgehead atoms. The first-order valence-electron chi connectivity index (χ1n) is 11.3. The zero-order chi connectivity index (χ0) is 22.2. The maximum atomic E-state index is 12.9. The van der Waals surface area contributed by atoms with Gasteiger partial charge in [0.15, 0.2) is 6.10 Å². The van der Waals surface area contributed by atoms with Crippen molar-refractivity contribution in [2.45, 2.75) is 77.9 Å². The molecule has 0 N–H and O–H groups in total. The molecule has 0 amide bonds. The molecular weight excluding hydrogens is 390 g/mol. The molecule has 1 aliphatic heterocycles. The largest absolute Gasteiger partial charge is 0.493 e. The maximum Gasteiger partial charge on any atom is 0.339 e. The van der Waals surface area contributed by atoms with E-state index in [9.17, 15) is 4.79 Å². The monoisotopic (exact) mass is 423 g/mol. The lowest BCUT2D eigenvalue weighted by atomic mass is 9.83. The number of benzene rings is 1. The summed E-state index contributed by atoms with van der Waals surface area (Å²) in [7, 11) is 1.42. The van der Waals surface area contributed by atoms with E-state index in [1.807, 2.05) is 27.7 Å². The smallest absolute Gasteiger partial charge is 0.339 e. The lowest BCUT2D eigenvalue weighted by molar-refractivity contribution is -0.164. The highest BCUT2D eigenvalue weighted by Crippen LogP contribution is 2.42. The number of hydrogen-bond donors (Lipinski definition) is 0. The number of carbonyl (C=O) groups is 1. The lowest BCUT2D eigenvalue weighted by Crippen LogP contribution is -2.30. The molecule has 5 nitrogen and oxygen atoms in total. The van der Waals surface area contributed by atoms with E-state index in [1.165, 1.54) is 18.2 Å². The summed E-state index contributed by atoms with van der Waals surface area (Å²) in [5.74, 6) is 0.574. The Hall–Kier alpha value is -2.40. The lowest BCUT2D eigenvalue weighted by Gasteiger charge is -2.31. The van der Waals surface area contributed by atoms with Crippen molar-refractivity contribution in [3.8, 4) is 16.9 Å². The zero-order valence-electron chi connectivity index (χ0n) is 19.3. The van der Waals surface area contributed by atoms with E-state index >= 15 is 0 Å². The van der Waals surface area contributed by atoms with Gasteiger partial charge in [-0.05, 0) is 101 Å². The van der Waals surface area contributed by atoms with E-state index in [0.29, 0.717) is 0 Å². The molecule has 1 atom stereocenters. The Morgan fingerprint density at radius 3 is 2.65 bits per heavy atom. The average Bonchev–Trinajstić information content (AvgIpc) is 2.75. The SMILES string of the molecule is COC(=O)C(OC(C)(C)C)c1c(C)nc2c(c1-c1ccc3c(c1)CCCO3)CCCC2. The summed E-state index contributed by atoms with van der Waals surface area (Å²) >= 11 is 0.